The number of allylic oxidation sites excluding steroid dienone is 9. The molecule has 0 radical (unpaired) electrons. The molecule has 3 aromatic carbocycles. The first-order valence-corrected chi connectivity index (χ1v) is 14.2. The van der Waals surface area contributed by atoms with Crippen molar-refractivity contribution in [1.82, 2.24) is 10.2 Å². The molecule has 42 heavy (non-hydrogen) atoms. The van der Waals surface area contributed by atoms with E-state index in [1.54, 1.807) is 7.05 Å². The molecule has 4 rings (SSSR count). The lowest BCUT2D eigenvalue weighted by molar-refractivity contribution is 0.623. The molecular formula is C36H40N6. The number of guanidine groups is 2. The molecule has 0 spiro atoms. The number of hydrogen-bond acceptors (Lipinski definition) is 3. The van der Waals surface area contributed by atoms with Crippen LogP contribution in [0.2, 0.25) is 0 Å². The molecule has 6 heteroatoms. The number of nitrogens with one attached hydrogen (secondary N) is 1. The Hall–Kier alpha value is -5.10. The molecule has 0 amide bonds. The lowest BCUT2D eigenvalue weighted by atomic mass is 10.2. The molecule has 1 aliphatic rings. The van der Waals surface area contributed by atoms with Gasteiger partial charge >= 0.3 is 0 Å². The van der Waals surface area contributed by atoms with Gasteiger partial charge in [-0.25, -0.2) is 4.99 Å². The van der Waals surface area contributed by atoms with E-state index in [1.807, 2.05) is 80.7 Å². The van der Waals surface area contributed by atoms with E-state index in [9.17, 15) is 0 Å². The van der Waals surface area contributed by atoms with Crippen molar-refractivity contribution < 1.29 is 0 Å². The maximum atomic E-state index is 5.25. The molecule has 3 aromatic rings. The van der Waals surface area contributed by atoms with Crippen LogP contribution in [0.4, 0.5) is 17.1 Å². The van der Waals surface area contributed by atoms with Crippen LogP contribution in [0.25, 0.3) is 0 Å². The number of nitrogens with zero attached hydrogens (tertiary/aromatic N) is 5. The largest absolute Gasteiger partial charge is 0.321 e. The van der Waals surface area contributed by atoms with Gasteiger partial charge in [0.25, 0.3) is 0 Å². The lowest BCUT2D eigenvalue weighted by Crippen LogP contribution is -2.49. The molecule has 214 valence electrons. The maximum absolute atomic E-state index is 5.25. The number of hydrogen-bond donors (Lipinski definition) is 1. The summed E-state index contributed by atoms with van der Waals surface area (Å²) in [5.41, 5.74) is 5.16. The van der Waals surface area contributed by atoms with Gasteiger partial charge in [0.05, 0.1) is 0 Å². The molecule has 0 heterocycles. The first-order valence-electron chi connectivity index (χ1n) is 14.2. The highest BCUT2D eigenvalue weighted by molar-refractivity contribution is 6.08. The first kappa shape index (κ1) is 29.9. The SMILES string of the molecule is C/C=C\C=C(/C)N(/C(=N/CN(c1ccccc1)c1ccccc1)NC(=NC)N(C)C1=CCC=CC=C1)c1ccccc1. The van der Waals surface area contributed by atoms with Crippen LogP contribution in [-0.2, 0) is 0 Å². The van der Waals surface area contributed by atoms with Crippen molar-refractivity contribution in [3.63, 3.8) is 0 Å². The van der Waals surface area contributed by atoms with E-state index in [1.165, 1.54) is 0 Å². The van der Waals surface area contributed by atoms with E-state index < -0.39 is 0 Å². The zero-order valence-electron chi connectivity index (χ0n) is 24.9. The second kappa shape index (κ2) is 15.6. The van der Waals surface area contributed by atoms with E-state index in [4.69, 9.17) is 4.99 Å². The zero-order valence-corrected chi connectivity index (χ0v) is 24.9. The highest BCUT2D eigenvalue weighted by Gasteiger charge is 2.21. The molecule has 1 N–H and O–H groups in total. The molecule has 1 aliphatic carbocycles. The highest BCUT2D eigenvalue weighted by Crippen LogP contribution is 2.25. The smallest absolute Gasteiger partial charge is 0.211 e. The Kier molecular flexibility index (Phi) is 11.1. The Bertz CT molecular complexity index is 1440. The fourth-order valence-corrected chi connectivity index (χ4v) is 4.54. The minimum absolute atomic E-state index is 0.379. The van der Waals surface area contributed by atoms with Crippen LogP contribution in [0.1, 0.15) is 20.3 Å². The Morgan fingerprint density at radius 1 is 0.833 bits per heavy atom. The number of aliphatic imine (C=N–C) groups is 2. The van der Waals surface area contributed by atoms with E-state index in [0.29, 0.717) is 18.6 Å². The van der Waals surface area contributed by atoms with Crippen LogP contribution < -0.4 is 15.1 Å². The number of anilines is 3. The summed E-state index contributed by atoms with van der Waals surface area (Å²) in [7, 11) is 3.81. The quantitative estimate of drug-likeness (QED) is 0.173. The van der Waals surface area contributed by atoms with E-state index in [-0.39, 0.29) is 0 Å². The van der Waals surface area contributed by atoms with Gasteiger partial charge in [0, 0.05) is 42.6 Å². The minimum Gasteiger partial charge on any atom is -0.321 e. The van der Waals surface area contributed by atoms with E-state index in [2.05, 4.69) is 105 Å². The summed E-state index contributed by atoms with van der Waals surface area (Å²) >= 11 is 0. The van der Waals surface area contributed by atoms with Crippen LogP contribution in [0.5, 0.6) is 0 Å². The molecule has 0 atom stereocenters. The van der Waals surface area contributed by atoms with E-state index >= 15 is 0 Å². The monoisotopic (exact) mass is 556 g/mol. The number of likely N-dealkylation sites (N-methyl/N-ethyl adjacent to an activating group) is 1. The Morgan fingerprint density at radius 3 is 2.00 bits per heavy atom. The third kappa shape index (κ3) is 7.98. The van der Waals surface area contributed by atoms with Gasteiger partial charge in [-0.05, 0) is 68.8 Å². The number of rotatable bonds is 8. The maximum Gasteiger partial charge on any atom is 0.211 e. The average molecular weight is 557 g/mol. The molecule has 6 nitrogen and oxygen atoms in total. The van der Waals surface area contributed by atoms with Crippen LogP contribution in [-0.4, -0.2) is 37.6 Å². The second-order valence-electron chi connectivity index (χ2n) is 9.61. The normalized spacial score (nSPS) is 14.0. The van der Waals surface area contributed by atoms with Gasteiger partial charge in [-0.1, -0.05) is 91.1 Å². The fourth-order valence-electron chi connectivity index (χ4n) is 4.54. The van der Waals surface area contributed by atoms with Crippen LogP contribution in [0.3, 0.4) is 0 Å². The summed E-state index contributed by atoms with van der Waals surface area (Å²) in [6, 6.07) is 31.0. The fraction of sp³-hybridized carbons (Fsp3) is 0.167. The van der Waals surface area contributed by atoms with Crippen molar-refractivity contribution in [3.8, 4) is 0 Å². The molecule has 0 saturated heterocycles. The predicted octanol–water partition coefficient (Wildman–Crippen LogP) is 8.03. The van der Waals surface area contributed by atoms with Crippen molar-refractivity contribution in [1.29, 1.82) is 0 Å². The molecule has 0 aromatic heterocycles. The van der Waals surface area contributed by atoms with Gasteiger partial charge in [0.2, 0.25) is 11.9 Å². The standard InChI is InChI=1S/C36H40N6/c1-5-6-20-30(2)42(34-27-18-11-19-28-34)36(39-35(37-3)40(4)31-21-12-7-8-13-22-31)38-29-41(32-23-14-9-15-24-32)33-25-16-10-17-26-33/h5-12,14-28H,13,29H2,1-4H3,(H,37,38,39)/b6-5-,30-20+. The average Bonchev–Trinajstić information content (AvgIpc) is 3.33. The molecular weight excluding hydrogens is 516 g/mol. The lowest BCUT2D eigenvalue weighted by Gasteiger charge is -2.31. The van der Waals surface area contributed by atoms with Crippen molar-refractivity contribution in [2.24, 2.45) is 9.98 Å². The summed E-state index contributed by atoms with van der Waals surface area (Å²) in [6.07, 6.45) is 17.5. The summed E-state index contributed by atoms with van der Waals surface area (Å²) < 4.78 is 0. The summed E-state index contributed by atoms with van der Waals surface area (Å²) in [6.45, 7) is 4.48. The number of para-hydroxylation sites is 3. The van der Waals surface area contributed by atoms with Crippen molar-refractivity contribution in [3.05, 3.63) is 151 Å². The van der Waals surface area contributed by atoms with Crippen molar-refractivity contribution in [2.45, 2.75) is 20.3 Å². The molecule has 0 bridgehead atoms. The second-order valence-corrected chi connectivity index (χ2v) is 9.61. The van der Waals surface area contributed by atoms with Gasteiger partial charge in [-0.15, -0.1) is 0 Å². The minimum atomic E-state index is 0.379. The number of benzene rings is 3. The van der Waals surface area contributed by atoms with Crippen LogP contribution >= 0.6 is 0 Å². The molecule has 0 saturated carbocycles. The van der Waals surface area contributed by atoms with Crippen molar-refractivity contribution in [2.75, 3.05) is 30.6 Å². The Morgan fingerprint density at radius 2 is 1.43 bits per heavy atom. The van der Waals surface area contributed by atoms with Gasteiger partial charge in [-0.3, -0.25) is 15.2 Å². The Labute approximate surface area is 250 Å². The summed E-state index contributed by atoms with van der Waals surface area (Å²) in [5.74, 6) is 1.33. The highest BCUT2D eigenvalue weighted by atomic mass is 15.4. The third-order valence-electron chi connectivity index (χ3n) is 6.72. The topological polar surface area (TPSA) is 46.5 Å². The first-order chi connectivity index (χ1) is 20.6. The summed E-state index contributed by atoms with van der Waals surface area (Å²) in [5, 5.41) is 3.60. The summed E-state index contributed by atoms with van der Waals surface area (Å²) in [4.78, 5) is 16.3. The van der Waals surface area contributed by atoms with Crippen LogP contribution in [0.15, 0.2) is 161 Å². The van der Waals surface area contributed by atoms with Crippen molar-refractivity contribution >= 4 is 29.0 Å². The van der Waals surface area contributed by atoms with E-state index in [0.717, 1.165) is 34.9 Å². The van der Waals surface area contributed by atoms with Gasteiger partial charge in [0.15, 0.2) is 0 Å². The zero-order chi connectivity index (χ0) is 29.6. The van der Waals surface area contributed by atoms with Gasteiger partial charge in [-0.2, -0.15) is 0 Å². The predicted molar refractivity (Wildman–Crippen MR) is 180 cm³/mol. The van der Waals surface area contributed by atoms with Gasteiger partial charge in [0.1, 0.15) is 6.67 Å². The Balaban J connectivity index is 1.81. The molecule has 0 aliphatic heterocycles. The third-order valence-corrected chi connectivity index (χ3v) is 6.72. The molecule has 0 unspecified atom stereocenters. The van der Waals surface area contributed by atoms with Gasteiger partial charge < -0.3 is 9.80 Å². The molecule has 0 fully saturated rings. The van der Waals surface area contributed by atoms with Crippen LogP contribution in [0, 0.1) is 0 Å².